The van der Waals surface area contributed by atoms with E-state index in [-0.39, 0.29) is 0 Å². The second-order valence-electron chi connectivity index (χ2n) is 2.67. The number of benzene rings is 1. The van der Waals surface area contributed by atoms with Crippen molar-refractivity contribution in [2.24, 2.45) is 4.99 Å². The molecule has 0 aliphatic carbocycles. The van der Waals surface area contributed by atoms with E-state index in [0.717, 1.165) is 25.7 Å². The van der Waals surface area contributed by atoms with Crippen LogP contribution in [0.25, 0.3) is 0 Å². The molecule has 1 fully saturated rings. The van der Waals surface area contributed by atoms with Gasteiger partial charge in [0.05, 0.1) is 10.8 Å². The van der Waals surface area contributed by atoms with Gasteiger partial charge in [-0.15, -0.1) is 0 Å². The van der Waals surface area contributed by atoms with E-state index < -0.39 is 0 Å². The van der Waals surface area contributed by atoms with Crippen molar-refractivity contribution < 1.29 is 0 Å². The van der Waals surface area contributed by atoms with Crippen molar-refractivity contribution in [3.05, 3.63) is 28.8 Å². The molecule has 0 N–H and O–H groups in total. The minimum Gasteiger partial charge on any atom is -0.235 e. The highest BCUT2D eigenvalue weighted by Crippen LogP contribution is 2.36. The molecule has 0 aromatic heterocycles. The molecule has 4 heteroatoms. The summed E-state index contributed by atoms with van der Waals surface area (Å²) in [5, 5.41) is 1.91. The Labute approximate surface area is 91.0 Å². The fourth-order valence-electron chi connectivity index (χ4n) is 0.992. The summed E-state index contributed by atoms with van der Waals surface area (Å²) in [5.41, 5.74) is 2.05. The normalized spacial score (nSPS) is 15.4. The Bertz CT molecular complexity index is 357. The first-order valence-electron chi connectivity index (χ1n) is 3.87. The van der Waals surface area contributed by atoms with Gasteiger partial charge in [-0.3, -0.25) is 0 Å². The van der Waals surface area contributed by atoms with E-state index in [2.05, 4.69) is 4.99 Å². The Morgan fingerprint density at radius 3 is 2.77 bits per heavy atom. The second kappa shape index (κ2) is 3.95. The second-order valence-corrected chi connectivity index (χ2v) is 5.63. The van der Waals surface area contributed by atoms with Gasteiger partial charge in [0.1, 0.15) is 4.38 Å². The standard InChI is InChI=1S/C9H8ClNS2/c1-6-7(10)3-2-4-8(6)11-9-12-5-13-9/h2-4H,5H2,1H3. The van der Waals surface area contributed by atoms with Crippen molar-refractivity contribution in [1.82, 2.24) is 0 Å². The van der Waals surface area contributed by atoms with Crippen LogP contribution in [0.15, 0.2) is 23.2 Å². The number of nitrogens with zero attached hydrogens (tertiary/aromatic N) is 1. The summed E-state index contributed by atoms with van der Waals surface area (Å²) in [5.74, 6) is 0. The molecule has 0 amide bonds. The van der Waals surface area contributed by atoms with Gasteiger partial charge in [0.15, 0.2) is 0 Å². The average Bonchev–Trinajstić information content (AvgIpc) is 2.04. The van der Waals surface area contributed by atoms with Crippen molar-refractivity contribution in [2.45, 2.75) is 6.92 Å². The Kier molecular flexibility index (Phi) is 2.86. The largest absolute Gasteiger partial charge is 0.235 e. The zero-order valence-corrected chi connectivity index (χ0v) is 9.47. The number of thioether (sulfide) groups is 2. The fourth-order valence-corrected chi connectivity index (χ4v) is 2.38. The summed E-state index contributed by atoms with van der Waals surface area (Å²) in [7, 11) is 0. The molecular weight excluding hydrogens is 222 g/mol. The van der Waals surface area contributed by atoms with E-state index in [1.165, 1.54) is 0 Å². The maximum absolute atomic E-state index is 5.98. The maximum Gasteiger partial charge on any atom is 0.132 e. The average molecular weight is 230 g/mol. The van der Waals surface area contributed by atoms with Crippen LogP contribution < -0.4 is 0 Å². The van der Waals surface area contributed by atoms with Crippen LogP contribution in [0.1, 0.15) is 5.56 Å². The molecule has 0 spiro atoms. The van der Waals surface area contributed by atoms with Crippen LogP contribution in [0, 0.1) is 6.92 Å². The van der Waals surface area contributed by atoms with Gasteiger partial charge in [-0.1, -0.05) is 41.2 Å². The van der Waals surface area contributed by atoms with Gasteiger partial charge >= 0.3 is 0 Å². The van der Waals surface area contributed by atoms with Crippen LogP contribution in [-0.2, 0) is 0 Å². The molecule has 0 atom stereocenters. The Hall–Kier alpha value is -0.120. The van der Waals surface area contributed by atoms with Gasteiger partial charge in [0.25, 0.3) is 0 Å². The number of hydrogen-bond acceptors (Lipinski definition) is 3. The van der Waals surface area contributed by atoms with Gasteiger partial charge < -0.3 is 0 Å². The monoisotopic (exact) mass is 229 g/mol. The lowest BCUT2D eigenvalue weighted by atomic mass is 10.2. The summed E-state index contributed by atoms with van der Waals surface area (Å²) in [6, 6.07) is 5.82. The minimum atomic E-state index is 0.788. The first-order chi connectivity index (χ1) is 6.27. The third-order valence-electron chi connectivity index (χ3n) is 1.82. The quantitative estimate of drug-likeness (QED) is 0.720. The van der Waals surface area contributed by atoms with E-state index in [0.29, 0.717) is 0 Å². The summed E-state index contributed by atoms with van der Waals surface area (Å²) < 4.78 is 1.14. The predicted octanol–water partition coefficient (Wildman–Crippen LogP) is 4.07. The molecule has 1 aliphatic heterocycles. The molecule has 1 nitrogen and oxygen atoms in total. The van der Waals surface area contributed by atoms with E-state index in [9.17, 15) is 0 Å². The van der Waals surface area contributed by atoms with Crippen LogP contribution in [0.2, 0.25) is 5.02 Å². The zero-order valence-electron chi connectivity index (χ0n) is 7.08. The molecule has 1 aromatic carbocycles. The maximum atomic E-state index is 5.98. The molecule has 68 valence electrons. The molecule has 2 rings (SSSR count). The lowest BCUT2D eigenvalue weighted by Crippen LogP contribution is -1.97. The van der Waals surface area contributed by atoms with Crippen molar-refractivity contribution >= 4 is 45.2 Å². The molecule has 0 saturated carbocycles. The Balaban J connectivity index is 2.34. The molecule has 13 heavy (non-hydrogen) atoms. The topological polar surface area (TPSA) is 12.4 Å². The van der Waals surface area contributed by atoms with Crippen LogP contribution in [0.5, 0.6) is 0 Å². The highest BCUT2D eigenvalue weighted by molar-refractivity contribution is 8.52. The van der Waals surface area contributed by atoms with Crippen LogP contribution in [0.3, 0.4) is 0 Å². The third kappa shape index (κ3) is 2.03. The van der Waals surface area contributed by atoms with Crippen molar-refractivity contribution in [2.75, 3.05) is 5.08 Å². The molecular formula is C9H8ClNS2. The first-order valence-corrected chi connectivity index (χ1v) is 6.21. The van der Waals surface area contributed by atoms with Crippen LogP contribution in [0.4, 0.5) is 5.69 Å². The van der Waals surface area contributed by atoms with E-state index in [1.807, 2.05) is 25.1 Å². The first kappa shape index (κ1) is 9.44. The number of hydrogen-bond donors (Lipinski definition) is 0. The number of rotatable bonds is 1. The van der Waals surface area contributed by atoms with Crippen molar-refractivity contribution in [3.63, 3.8) is 0 Å². The molecule has 0 bridgehead atoms. The number of aliphatic imine (C=N–C) groups is 1. The summed E-state index contributed by atoms with van der Waals surface area (Å²) in [4.78, 5) is 4.48. The molecule has 1 saturated heterocycles. The zero-order chi connectivity index (χ0) is 9.26. The van der Waals surface area contributed by atoms with Gasteiger partial charge in [0.2, 0.25) is 0 Å². The summed E-state index contributed by atoms with van der Waals surface area (Å²) in [6.07, 6.45) is 0. The van der Waals surface area contributed by atoms with Gasteiger partial charge in [-0.2, -0.15) is 0 Å². The highest BCUT2D eigenvalue weighted by atomic mass is 35.5. The third-order valence-corrected chi connectivity index (χ3v) is 4.55. The molecule has 1 aromatic rings. The van der Waals surface area contributed by atoms with E-state index in [1.54, 1.807) is 23.5 Å². The molecule has 0 radical (unpaired) electrons. The lowest BCUT2D eigenvalue weighted by Gasteiger charge is -2.13. The number of halogens is 1. The molecule has 1 heterocycles. The fraction of sp³-hybridized carbons (Fsp3) is 0.222. The SMILES string of the molecule is Cc1c(Cl)cccc1N=C1SCS1. The van der Waals surface area contributed by atoms with Gasteiger partial charge in [-0.05, 0) is 24.6 Å². The minimum absolute atomic E-state index is 0.788. The highest BCUT2D eigenvalue weighted by Gasteiger charge is 2.12. The Morgan fingerprint density at radius 2 is 2.15 bits per heavy atom. The predicted molar refractivity (Wildman–Crippen MR) is 63.3 cm³/mol. The lowest BCUT2D eigenvalue weighted by molar-refractivity contribution is 1.41. The van der Waals surface area contributed by atoms with Crippen LogP contribution in [-0.4, -0.2) is 9.46 Å². The van der Waals surface area contributed by atoms with E-state index in [4.69, 9.17) is 11.6 Å². The van der Waals surface area contributed by atoms with Gasteiger partial charge in [-0.25, -0.2) is 4.99 Å². The Morgan fingerprint density at radius 1 is 1.38 bits per heavy atom. The smallest absolute Gasteiger partial charge is 0.132 e. The molecule has 1 aliphatic rings. The van der Waals surface area contributed by atoms with Crippen molar-refractivity contribution in [1.29, 1.82) is 0 Å². The van der Waals surface area contributed by atoms with Crippen molar-refractivity contribution in [3.8, 4) is 0 Å². The molecule has 0 unspecified atom stereocenters. The summed E-state index contributed by atoms with van der Waals surface area (Å²) in [6.45, 7) is 2.00. The van der Waals surface area contributed by atoms with Gasteiger partial charge in [0, 0.05) is 5.02 Å². The van der Waals surface area contributed by atoms with Crippen LogP contribution >= 0.6 is 35.1 Å². The summed E-state index contributed by atoms with van der Waals surface area (Å²) >= 11 is 9.54. The van der Waals surface area contributed by atoms with E-state index >= 15 is 0 Å².